The molecule has 0 spiro atoms. The first kappa shape index (κ1) is 14.4. The molecule has 1 aliphatic rings. The third-order valence-electron chi connectivity index (χ3n) is 3.73. The summed E-state index contributed by atoms with van der Waals surface area (Å²) in [6.07, 6.45) is 5.28. The number of rotatable bonds is 5. The molecular weight excluding hydrogens is 260 g/mol. The third-order valence-corrected chi connectivity index (χ3v) is 3.73. The van der Waals surface area contributed by atoms with Gasteiger partial charge in [-0.2, -0.15) is 0 Å². The first-order valence-corrected chi connectivity index (χ1v) is 6.85. The standard InChI is InChI=1S/C13H20N4O3/c1-2-9-3-4-17(7-9)13(20)16-11(12(18)19)5-10-6-14-8-15-10/h6,8-9,11H,2-5,7H2,1H3,(H,14,15)(H,16,20)(H,18,19)/t9?,11-/m1/s1. The van der Waals surface area contributed by atoms with E-state index in [1.807, 2.05) is 0 Å². The van der Waals surface area contributed by atoms with Crippen LogP contribution in [-0.4, -0.2) is 51.1 Å². The van der Waals surface area contributed by atoms with Crippen molar-refractivity contribution in [1.82, 2.24) is 20.2 Å². The summed E-state index contributed by atoms with van der Waals surface area (Å²) in [5, 5.41) is 11.8. The Kier molecular flexibility index (Phi) is 4.60. The molecule has 0 radical (unpaired) electrons. The smallest absolute Gasteiger partial charge is 0.326 e. The second-order valence-corrected chi connectivity index (χ2v) is 5.13. The van der Waals surface area contributed by atoms with E-state index in [0.717, 1.165) is 12.8 Å². The minimum atomic E-state index is -1.04. The molecule has 20 heavy (non-hydrogen) atoms. The maximum Gasteiger partial charge on any atom is 0.326 e. The van der Waals surface area contributed by atoms with Crippen molar-refractivity contribution in [3.8, 4) is 0 Å². The summed E-state index contributed by atoms with van der Waals surface area (Å²) in [6, 6.07) is -1.24. The van der Waals surface area contributed by atoms with Gasteiger partial charge in [0.1, 0.15) is 6.04 Å². The number of carbonyl (C=O) groups excluding carboxylic acids is 1. The summed E-state index contributed by atoms with van der Waals surface area (Å²) in [5.74, 6) is -0.518. The maximum absolute atomic E-state index is 12.1. The van der Waals surface area contributed by atoms with Crippen molar-refractivity contribution in [2.24, 2.45) is 5.92 Å². The molecule has 0 aliphatic carbocycles. The van der Waals surface area contributed by atoms with Crippen LogP contribution in [0.1, 0.15) is 25.5 Å². The quantitative estimate of drug-likeness (QED) is 0.744. The van der Waals surface area contributed by atoms with Crippen LogP contribution in [0.25, 0.3) is 0 Å². The van der Waals surface area contributed by atoms with E-state index in [1.165, 1.54) is 6.33 Å². The number of aromatic amines is 1. The highest BCUT2D eigenvalue weighted by Gasteiger charge is 2.28. The fraction of sp³-hybridized carbons (Fsp3) is 0.615. The third kappa shape index (κ3) is 3.49. The van der Waals surface area contributed by atoms with E-state index in [-0.39, 0.29) is 12.5 Å². The molecule has 1 saturated heterocycles. The summed E-state index contributed by atoms with van der Waals surface area (Å²) >= 11 is 0. The molecule has 110 valence electrons. The van der Waals surface area contributed by atoms with Gasteiger partial charge in [-0.05, 0) is 12.3 Å². The van der Waals surface area contributed by atoms with Crippen molar-refractivity contribution in [3.63, 3.8) is 0 Å². The van der Waals surface area contributed by atoms with Crippen LogP contribution in [0.2, 0.25) is 0 Å². The highest BCUT2D eigenvalue weighted by Crippen LogP contribution is 2.18. The number of nitrogens with one attached hydrogen (secondary N) is 2. The molecule has 7 nitrogen and oxygen atoms in total. The number of likely N-dealkylation sites (tertiary alicyclic amines) is 1. The number of carbonyl (C=O) groups is 2. The van der Waals surface area contributed by atoms with Gasteiger partial charge >= 0.3 is 12.0 Å². The van der Waals surface area contributed by atoms with E-state index < -0.39 is 12.0 Å². The zero-order valence-electron chi connectivity index (χ0n) is 11.5. The van der Waals surface area contributed by atoms with E-state index in [4.69, 9.17) is 0 Å². The summed E-state index contributed by atoms with van der Waals surface area (Å²) < 4.78 is 0. The predicted octanol–water partition coefficient (Wildman–Crippen LogP) is 0.847. The van der Waals surface area contributed by atoms with Gasteiger partial charge in [-0.3, -0.25) is 0 Å². The first-order valence-electron chi connectivity index (χ1n) is 6.85. The molecule has 1 aromatic heterocycles. The summed E-state index contributed by atoms with van der Waals surface area (Å²) in [4.78, 5) is 31.7. The van der Waals surface area contributed by atoms with Gasteiger partial charge in [-0.15, -0.1) is 0 Å². The van der Waals surface area contributed by atoms with E-state index in [1.54, 1.807) is 11.1 Å². The average Bonchev–Trinajstić information content (AvgIpc) is 3.08. The lowest BCUT2D eigenvalue weighted by Gasteiger charge is -2.20. The Balaban J connectivity index is 1.91. The number of imidazole rings is 1. The molecule has 1 aromatic rings. The molecule has 1 unspecified atom stereocenters. The Morgan fingerprint density at radius 3 is 3.00 bits per heavy atom. The van der Waals surface area contributed by atoms with Crippen LogP contribution in [0.3, 0.4) is 0 Å². The maximum atomic E-state index is 12.1. The van der Waals surface area contributed by atoms with Gasteiger partial charge in [0.25, 0.3) is 0 Å². The molecule has 1 aliphatic heterocycles. The highest BCUT2D eigenvalue weighted by molar-refractivity contribution is 5.82. The van der Waals surface area contributed by atoms with Gasteiger partial charge in [0.2, 0.25) is 0 Å². The van der Waals surface area contributed by atoms with Crippen molar-refractivity contribution in [2.75, 3.05) is 13.1 Å². The summed E-state index contributed by atoms with van der Waals surface area (Å²) in [5.41, 5.74) is 0.686. The second-order valence-electron chi connectivity index (χ2n) is 5.13. The number of H-pyrrole nitrogens is 1. The minimum Gasteiger partial charge on any atom is -0.480 e. The number of amides is 2. The molecule has 7 heteroatoms. The monoisotopic (exact) mass is 280 g/mol. The number of carboxylic acids is 1. The van der Waals surface area contributed by atoms with E-state index in [2.05, 4.69) is 22.2 Å². The number of urea groups is 1. The van der Waals surface area contributed by atoms with Crippen LogP contribution in [-0.2, 0) is 11.2 Å². The highest BCUT2D eigenvalue weighted by atomic mass is 16.4. The molecule has 2 rings (SSSR count). The zero-order chi connectivity index (χ0) is 14.5. The fourth-order valence-electron chi connectivity index (χ4n) is 2.41. The van der Waals surface area contributed by atoms with Gasteiger partial charge < -0.3 is 20.3 Å². The van der Waals surface area contributed by atoms with Gasteiger partial charge in [0, 0.05) is 31.4 Å². The van der Waals surface area contributed by atoms with Crippen LogP contribution in [0.15, 0.2) is 12.5 Å². The molecule has 1 fully saturated rings. The van der Waals surface area contributed by atoms with Crippen LogP contribution in [0.5, 0.6) is 0 Å². The van der Waals surface area contributed by atoms with Crippen LogP contribution < -0.4 is 5.32 Å². The molecule has 3 N–H and O–H groups in total. The number of hydrogen-bond acceptors (Lipinski definition) is 3. The van der Waals surface area contributed by atoms with Crippen molar-refractivity contribution >= 4 is 12.0 Å². The summed E-state index contributed by atoms with van der Waals surface area (Å²) in [6.45, 7) is 3.50. The number of aromatic nitrogens is 2. The average molecular weight is 280 g/mol. The molecule has 2 amide bonds. The Hall–Kier alpha value is -2.05. The second kappa shape index (κ2) is 6.40. The van der Waals surface area contributed by atoms with Crippen molar-refractivity contribution < 1.29 is 14.7 Å². The van der Waals surface area contributed by atoms with Gasteiger partial charge in [0.15, 0.2) is 0 Å². The molecule has 0 saturated carbocycles. The number of carboxylic acid groups (broad SMARTS) is 1. The van der Waals surface area contributed by atoms with Crippen molar-refractivity contribution in [3.05, 3.63) is 18.2 Å². The number of nitrogens with zero attached hydrogens (tertiary/aromatic N) is 2. The number of hydrogen-bond donors (Lipinski definition) is 3. The van der Waals surface area contributed by atoms with E-state index in [9.17, 15) is 14.7 Å². The van der Waals surface area contributed by atoms with Crippen LogP contribution >= 0.6 is 0 Å². The lowest BCUT2D eigenvalue weighted by atomic mass is 10.1. The van der Waals surface area contributed by atoms with Gasteiger partial charge in [-0.25, -0.2) is 14.6 Å². The Labute approximate surface area is 117 Å². The lowest BCUT2D eigenvalue weighted by Crippen LogP contribution is -2.48. The Morgan fingerprint density at radius 1 is 1.65 bits per heavy atom. The molecule has 2 heterocycles. The molecule has 0 bridgehead atoms. The lowest BCUT2D eigenvalue weighted by molar-refractivity contribution is -0.139. The molecule has 0 aromatic carbocycles. The molecular formula is C13H20N4O3. The van der Waals surface area contributed by atoms with Gasteiger partial charge in [0.05, 0.1) is 6.33 Å². The predicted molar refractivity (Wildman–Crippen MR) is 72.2 cm³/mol. The Bertz CT molecular complexity index is 460. The van der Waals surface area contributed by atoms with E-state index in [0.29, 0.717) is 24.7 Å². The van der Waals surface area contributed by atoms with E-state index >= 15 is 0 Å². The SMILES string of the molecule is CCC1CCN(C(=O)N[C@H](Cc2cnc[nH]2)C(=O)O)C1. The van der Waals surface area contributed by atoms with Crippen LogP contribution in [0.4, 0.5) is 4.79 Å². The summed E-state index contributed by atoms with van der Waals surface area (Å²) in [7, 11) is 0. The first-order chi connectivity index (χ1) is 9.60. The van der Waals surface area contributed by atoms with Crippen molar-refractivity contribution in [2.45, 2.75) is 32.2 Å². The Morgan fingerprint density at radius 2 is 2.45 bits per heavy atom. The topological polar surface area (TPSA) is 98.3 Å². The fourth-order valence-corrected chi connectivity index (χ4v) is 2.41. The zero-order valence-corrected chi connectivity index (χ0v) is 11.5. The molecule has 2 atom stereocenters. The van der Waals surface area contributed by atoms with Crippen LogP contribution in [0, 0.1) is 5.92 Å². The normalized spacial score (nSPS) is 19.9. The largest absolute Gasteiger partial charge is 0.480 e. The number of aliphatic carboxylic acids is 1. The minimum absolute atomic E-state index is 0.201. The van der Waals surface area contributed by atoms with Gasteiger partial charge in [-0.1, -0.05) is 13.3 Å². The van der Waals surface area contributed by atoms with Crippen molar-refractivity contribution in [1.29, 1.82) is 0 Å².